The smallest absolute Gasteiger partial charge is 0.103 e. The van der Waals surface area contributed by atoms with Crippen LogP contribution in [0.15, 0.2) is 33.5 Å². The molecular formula is C8H4Br2N2. The molecule has 2 aromatic heterocycles. The fourth-order valence-corrected chi connectivity index (χ4v) is 1.72. The lowest BCUT2D eigenvalue weighted by molar-refractivity contribution is 1.31. The van der Waals surface area contributed by atoms with Gasteiger partial charge in [-0.05, 0) is 44.0 Å². The van der Waals surface area contributed by atoms with E-state index in [1.54, 1.807) is 12.4 Å². The second kappa shape index (κ2) is 3.11. The minimum Gasteiger partial charge on any atom is -0.254 e. The number of hydrogen-bond acceptors (Lipinski definition) is 2. The van der Waals surface area contributed by atoms with Crippen molar-refractivity contribution in [2.45, 2.75) is 0 Å². The summed E-state index contributed by atoms with van der Waals surface area (Å²) in [5.41, 5.74) is 1.78. The summed E-state index contributed by atoms with van der Waals surface area (Å²) in [7, 11) is 0. The molecule has 0 saturated carbocycles. The molecule has 2 nitrogen and oxygen atoms in total. The Morgan fingerprint density at radius 2 is 2.00 bits per heavy atom. The van der Waals surface area contributed by atoms with Crippen LogP contribution in [-0.2, 0) is 0 Å². The number of fused-ring (bicyclic) bond motifs is 1. The van der Waals surface area contributed by atoms with Crippen molar-refractivity contribution in [2.75, 3.05) is 0 Å². The Labute approximate surface area is 86.3 Å². The van der Waals surface area contributed by atoms with Gasteiger partial charge in [0.05, 0.1) is 5.52 Å². The Morgan fingerprint density at radius 3 is 2.83 bits per heavy atom. The van der Waals surface area contributed by atoms with Crippen LogP contribution in [0.5, 0.6) is 0 Å². The first kappa shape index (κ1) is 8.13. The molecule has 0 radical (unpaired) electrons. The van der Waals surface area contributed by atoms with Gasteiger partial charge in [-0.15, -0.1) is 0 Å². The normalized spacial score (nSPS) is 10.5. The largest absolute Gasteiger partial charge is 0.254 e. The van der Waals surface area contributed by atoms with Crippen LogP contribution >= 0.6 is 31.9 Å². The summed E-state index contributed by atoms with van der Waals surface area (Å²) in [6.45, 7) is 0. The van der Waals surface area contributed by atoms with Crippen molar-refractivity contribution < 1.29 is 0 Å². The monoisotopic (exact) mass is 286 g/mol. The van der Waals surface area contributed by atoms with Gasteiger partial charge >= 0.3 is 0 Å². The third-order valence-corrected chi connectivity index (χ3v) is 2.57. The first-order chi connectivity index (χ1) is 5.77. The molecule has 0 bridgehead atoms. The quantitative estimate of drug-likeness (QED) is 0.744. The van der Waals surface area contributed by atoms with Gasteiger partial charge in [0, 0.05) is 21.3 Å². The molecule has 60 valence electrons. The van der Waals surface area contributed by atoms with E-state index in [9.17, 15) is 0 Å². The maximum absolute atomic E-state index is 4.22. The molecule has 0 saturated heterocycles. The van der Waals surface area contributed by atoms with Gasteiger partial charge in [-0.2, -0.15) is 0 Å². The van der Waals surface area contributed by atoms with Crippen molar-refractivity contribution in [3.05, 3.63) is 33.5 Å². The zero-order valence-corrected chi connectivity index (χ0v) is 9.13. The predicted molar refractivity (Wildman–Crippen MR) is 54.9 cm³/mol. The van der Waals surface area contributed by atoms with Crippen LogP contribution in [0.3, 0.4) is 0 Å². The Hall–Kier alpha value is -0.480. The predicted octanol–water partition coefficient (Wildman–Crippen LogP) is 3.15. The topological polar surface area (TPSA) is 25.8 Å². The average Bonchev–Trinajstić information content (AvgIpc) is 2.04. The third kappa shape index (κ3) is 1.36. The molecule has 0 amide bonds. The van der Waals surface area contributed by atoms with Gasteiger partial charge in [-0.3, -0.25) is 9.97 Å². The fraction of sp³-hybridized carbons (Fsp3) is 0. The van der Waals surface area contributed by atoms with Crippen molar-refractivity contribution in [1.82, 2.24) is 9.97 Å². The molecule has 0 fully saturated rings. The maximum Gasteiger partial charge on any atom is 0.103 e. The van der Waals surface area contributed by atoms with E-state index in [0.717, 1.165) is 20.0 Å². The number of aromatic nitrogens is 2. The molecule has 2 aromatic rings. The van der Waals surface area contributed by atoms with Crippen LogP contribution in [-0.4, -0.2) is 9.97 Å². The van der Waals surface area contributed by atoms with E-state index in [2.05, 4.69) is 41.8 Å². The molecule has 0 aliphatic rings. The highest BCUT2D eigenvalue weighted by atomic mass is 79.9. The highest BCUT2D eigenvalue weighted by Crippen LogP contribution is 2.21. The van der Waals surface area contributed by atoms with E-state index in [0.29, 0.717) is 0 Å². The number of halogens is 2. The number of rotatable bonds is 0. The molecule has 0 N–H and O–H groups in total. The molecule has 0 unspecified atom stereocenters. The molecule has 2 rings (SSSR count). The summed E-state index contributed by atoms with van der Waals surface area (Å²) in [5, 5.41) is 0. The van der Waals surface area contributed by atoms with Gasteiger partial charge in [0.1, 0.15) is 5.52 Å². The van der Waals surface area contributed by atoms with E-state index in [-0.39, 0.29) is 0 Å². The van der Waals surface area contributed by atoms with Crippen LogP contribution in [0.25, 0.3) is 11.0 Å². The highest BCUT2D eigenvalue weighted by molar-refractivity contribution is 9.11. The van der Waals surface area contributed by atoms with Gasteiger partial charge in [0.25, 0.3) is 0 Å². The van der Waals surface area contributed by atoms with E-state index in [1.807, 2.05) is 12.1 Å². The van der Waals surface area contributed by atoms with Gasteiger partial charge in [0.2, 0.25) is 0 Å². The van der Waals surface area contributed by atoms with Crippen LogP contribution in [0.2, 0.25) is 0 Å². The van der Waals surface area contributed by atoms with Crippen LogP contribution < -0.4 is 0 Å². The molecule has 4 heteroatoms. The molecule has 2 heterocycles. The Morgan fingerprint density at radius 1 is 1.17 bits per heavy atom. The lowest BCUT2D eigenvalue weighted by Crippen LogP contribution is -1.83. The van der Waals surface area contributed by atoms with Crippen molar-refractivity contribution in [3.63, 3.8) is 0 Å². The summed E-state index contributed by atoms with van der Waals surface area (Å²) in [6.07, 6.45) is 3.51. The second-order valence-electron chi connectivity index (χ2n) is 2.31. The maximum atomic E-state index is 4.22. The minimum atomic E-state index is 0.888. The Bertz CT molecular complexity index is 428. The van der Waals surface area contributed by atoms with Crippen molar-refractivity contribution in [3.8, 4) is 0 Å². The Balaban J connectivity index is 2.86. The number of nitrogens with zero attached hydrogens (tertiary/aromatic N) is 2. The molecule has 0 aliphatic carbocycles. The molecule has 0 spiro atoms. The van der Waals surface area contributed by atoms with Crippen molar-refractivity contribution in [2.24, 2.45) is 0 Å². The van der Waals surface area contributed by atoms with Gasteiger partial charge in [0.15, 0.2) is 0 Å². The first-order valence-corrected chi connectivity index (χ1v) is 4.92. The van der Waals surface area contributed by atoms with E-state index in [1.165, 1.54) is 0 Å². The summed E-state index contributed by atoms with van der Waals surface area (Å²) < 4.78 is 1.92. The zero-order valence-electron chi connectivity index (χ0n) is 5.96. The fourth-order valence-electron chi connectivity index (χ4n) is 0.973. The van der Waals surface area contributed by atoms with Gasteiger partial charge in [-0.1, -0.05) is 0 Å². The minimum absolute atomic E-state index is 0.888. The second-order valence-corrected chi connectivity index (χ2v) is 4.08. The number of pyridine rings is 2. The van der Waals surface area contributed by atoms with Crippen LogP contribution in [0, 0.1) is 0 Å². The van der Waals surface area contributed by atoms with E-state index in [4.69, 9.17) is 0 Å². The molecular weight excluding hydrogens is 284 g/mol. The van der Waals surface area contributed by atoms with Crippen LogP contribution in [0.4, 0.5) is 0 Å². The molecule has 12 heavy (non-hydrogen) atoms. The average molecular weight is 288 g/mol. The number of hydrogen-bond donors (Lipinski definition) is 0. The summed E-state index contributed by atoms with van der Waals surface area (Å²) >= 11 is 6.74. The van der Waals surface area contributed by atoms with Gasteiger partial charge < -0.3 is 0 Å². The van der Waals surface area contributed by atoms with E-state index < -0.39 is 0 Å². The van der Waals surface area contributed by atoms with Crippen molar-refractivity contribution in [1.29, 1.82) is 0 Å². The molecule has 0 atom stereocenters. The first-order valence-electron chi connectivity index (χ1n) is 3.33. The zero-order chi connectivity index (χ0) is 8.55. The Kier molecular flexibility index (Phi) is 2.11. The van der Waals surface area contributed by atoms with Gasteiger partial charge in [-0.25, -0.2) is 0 Å². The SMILES string of the molecule is Brc1cnc2c(Br)ccnc2c1. The highest BCUT2D eigenvalue weighted by Gasteiger charge is 1.99. The van der Waals surface area contributed by atoms with Crippen LogP contribution in [0.1, 0.15) is 0 Å². The standard InChI is InChI=1S/C8H4Br2N2/c9-5-3-7-8(12-4-5)6(10)1-2-11-7/h1-4H. The molecule has 0 aliphatic heterocycles. The van der Waals surface area contributed by atoms with E-state index >= 15 is 0 Å². The summed E-state index contributed by atoms with van der Waals surface area (Å²) in [6, 6.07) is 3.82. The lowest BCUT2D eigenvalue weighted by atomic mass is 10.3. The summed E-state index contributed by atoms with van der Waals surface area (Å²) in [5.74, 6) is 0. The lowest BCUT2D eigenvalue weighted by Gasteiger charge is -1.97. The third-order valence-electron chi connectivity index (χ3n) is 1.49. The van der Waals surface area contributed by atoms with Crippen molar-refractivity contribution >= 4 is 42.9 Å². The molecule has 0 aromatic carbocycles. The summed E-state index contributed by atoms with van der Waals surface area (Å²) in [4.78, 5) is 8.40.